The number of hydrogen-bond acceptors (Lipinski definition) is 7. The van der Waals surface area contributed by atoms with E-state index in [2.05, 4.69) is 22.1 Å². The van der Waals surface area contributed by atoms with Gasteiger partial charge in [-0.3, -0.25) is 9.58 Å². The molecule has 14 heteroatoms. The van der Waals surface area contributed by atoms with E-state index in [0.29, 0.717) is 30.1 Å². The van der Waals surface area contributed by atoms with Crippen LogP contribution in [0.4, 0.5) is 13.2 Å². The van der Waals surface area contributed by atoms with E-state index >= 15 is 0 Å². The fraction of sp³-hybridized carbons (Fsp3) is 0.417. The number of sulfonamides is 1. The third-order valence-corrected chi connectivity index (χ3v) is 10.5. The number of fused-ring (bicyclic) bond motifs is 1. The molecule has 0 amide bonds. The number of alkyl halides is 3. The molecule has 1 fully saturated rings. The second-order valence-corrected chi connectivity index (χ2v) is 15.0. The van der Waals surface area contributed by atoms with Crippen molar-refractivity contribution in [1.82, 2.24) is 24.3 Å². The fourth-order valence-corrected chi connectivity index (χ4v) is 7.28. The Morgan fingerprint density at radius 1 is 1.00 bits per heavy atom. The molecule has 2 aliphatic rings. The summed E-state index contributed by atoms with van der Waals surface area (Å²) >= 11 is 6.58. The predicted molar refractivity (Wildman–Crippen MR) is 185 cm³/mol. The maximum Gasteiger partial charge on any atom is 0.449 e. The average Bonchev–Trinajstić information content (AvgIpc) is 3.65. The van der Waals surface area contributed by atoms with Gasteiger partial charge in [-0.15, -0.1) is 0 Å². The Morgan fingerprint density at radius 2 is 1.76 bits per heavy atom. The Bertz CT molecular complexity index is 1990. The maximum absolute atomic E-state index is 13.2. The number of benzene rings is 2. The van der Waals surface area contributed by atoms with Gasteiger partial charge in [-0.2, -0.15) is 22.6 Å². The third kappa shape index (κ3) is 8.80. The van der Waals surface area contributed by atoms with Gasteiger partial charge in [-0.25, -0.2) is 8.42 Å². The molecular formula is C36H39ClF3N5O4S. The molecule has 4 heterocycles. The quantitative estimate of drug-likeness (QED) is 0.205. The molecule has 1 N–H and O–H groups in total. The van der Waals surface area contributed by atoms with E-state index in [-0.39, 0.29) is 24.4 Å². The van der Waals surface area contributed by atoms with E-state index in [1.54, 1.807) is 6.07 Å². The highest BCUT2D eigenvalue weighted by molar-refractivity contribution is 7.88. The van der Waals surface area contributed by atoms with Crippen LogP contribution in [0.2, 0.25) is 5.02 Å². The molecule has 0 atom stereocenters. The Balaban J connectivity index is 1.17. The van der Waals surface area contributed by atoms with Crippen molar-refractivity contribution in [2.24, 2.45) is 0 Å². The molecule has 266 valence electrons. The highest BCUT2D eigenvalue weighted by Crippen LogP contribution is 2.35. The van der Waals surface area contributed by atoms with E-state index < -0.39 is 22.0 Å². The van der Waals surface area contributed by atoms with E-state index in [9.17, 15) is 21.6 Å². The molecule has 2 aromatic heterocycles. The molecule has 2 aliphatic heterocycles. The summed E-state index contributed by atoms with van der Waals surface area (Å²) in [6, 6.07) is 14.4. The predicted octanol–water partition coefficient (Wildman–Crippen LogP) is 5.85. The lowest BCUT2D eigenvalue weighted by Gasteiger charge is -2.27. The highest BCUT2D eigenvalue weighted by atomic mass is 35.5. The number of ether oxygens (including phenoxy) is 1. The minimum Gasteiger partial charge on any atom is -0.456 e. The van der Waals surface area contributed by atoms with E-state index in [4.69, 9.17) is 25.9 Å². The minimum absolute atomic E-state index is 0.0186. The summed E-state index contributed by atoms with van der Waals surface area (Å²) < 4.78 is 78.5. The van der Waals surface area contributed by atoms with Crippen molar-refractivity contribution in [3.05, 3.63) is 98.6 Å². The van der Waals surface area contributed by atoms with Gasteiger partial charge < -0.3 is 14.5 Å². The van der Waals surface area contributed by atoms with Crippen molar-refractivity contribution in [2.75, 3.05) is 45.6 Å². The monoisotopic (exact) mass is 729 g/mol. The summed E-state index contributed by atoms with van der Waals surface area (Å²) in [4.78, 5) is 2.39. The lowest BCUT2D eigenvalue weighted by molar-refractivity contribution is -0.154. The van der Waals surface area contributed by atoms with Crippen molar-refractivity contribution in [3.8, 4) is 23.1 Å². The molecule has 50 heavy (non-hydrogen) atoms. The largest absolute Gasteiger partial charge is 0.456 e. The number of furan rings is 1. The van der Waals surface area contributed by atoms with E-state index in [1.807, 2.05) is 41.1 Å². The zero-order valence-electron chi connectivity index (χ0n) is 27.9. The Morgan fingerprint density at radius 3 is 2.48 bits per heavy atom. The van der Waals surface area contributed by atoms with Crippen LogP contribution in [0.3, 0.4) is 0 Å². The summed E-state index contributed by atoms with van der Waals surface area (Å²) in [5.74, 6) is 5.56. The average molecular weight is 730 g/mol. The summed E-state index contributed by atoms with van der Waals surface area (Å²) in [6.45, 7) is 7.54. The first-order chi connectivity index (χ1) is 23.8. The number of aryl methyl sites for hydroxylation is 2. The number of morpholine rings is 1. The van der Waals surface area contributed by atoms with E-state index in [0.717, 1.165) is 79.5 Å². The Kier molecular flexibility index (Phi) is 11.1. The van der Waals surface area contributed by atoms with Crippen molar-refractivity contribution in [3.63, 3.8) is 0 Å². The van der Waals surface area contributed by atoms with Crippen LogP contribution in [-0.2, 0) is 53.5 Å². The molecule has 2 aromatic carbocycles. The molecule has 0 unspecified atom stereocenters. The number of halogens is 4. The van der Waals surface area contributed by atoms with Gasteiger partial charge in [0.05, 0.1) is 30.2 Å². The van der Waals surface area contributed by atoms with Crippen molar-refractivity contribution in [2.45, 2.75) is 52.1 Å². The van der Waals surface area contributed by atoms with Crippen LogP contribution in [0, 0.1) is 18.8 Å². The van der Waals surface area contributed by atoms with Gasteiger partial charge in [0, 0.05) is 92.3 Å². The highest BCUT2D eigenvalue weighted by Gasteiger charge is 2.37. The van der Waals surface area contributed by atoms with Crippen LogP contribution in [-0.4, -0.2) is 73.1 Å². The number of nitrogens with zero attached hydrogens (tertiary/aromatic N) is 4. The molecule has 6 rings (SSSR count). The summed E-state index contributed by atoms with van der Waals surface area (Å²) in [5, 5.41) is 8.54. The molecule has 0 spiro atoms. The second kappa shape index (κ2) is 15.3. The molecule has 0 bridgehead atoms. The summed E-state index contributed by atoms with van der Waals surface area (Å²) in [7, 11) is -3.39. The SMILES string of the molecule is Cc1cc(CNCc2ccc(C#Cc3cc(-c4nn(CCCN5CCOCC5)c5c4CN(S(C)(=O)=O)CC5)ccc3Cl)cc2)c(C(F)(F)F)o1. The molecule has 1 saturated heterocycles. The summed E-state index contributed by atoms with van der Waals surface area (Å²) in [6.07, 6.45) is -1.81. The van der Waals surface area contributed by atoms with Gasteiger partial charge in [-0.05, 0) is 49.2 Å². The third-order valence-electron chi connectivity index (χ3n) is 8.89. The normalized spacial score (nSPS) is 15.9. The van der Waals surface area contributed by atoms with Crippen LogP contribution >= 0.6 is 11.6 Å². The van der Waals surface area contributed by atoms with Crippen molar-refractivity contribution in [1.29, 1.82) is 0 Å². The van der Waals surface area contributed by atoms with E-state index in [1.165, 1.54) is 23.6 Å². The van der Waals surface area contributed by atoms with Crippen molar-refractivity contribution >= 4 is 21.6 Å². The van der Waals surface area contributed by atoms with Gasteiger partial charge in [0.25, 0.3) is 0 Å². The van der Waals surface area contributed by atoms with Crippen LogP contribution in [0.5, 0.6) is 0 Å². The zero-order valence-corrected chi connectivity index (χ0v) is 29.5. The molecule has 0 saturated carbocycles. The topological polar surface area (TPSA) is 92.8 Å². The molecule has 0 radical (unpaired) electrons. The van der Waals surface area contributed by atoms with Crippen LogP contribution in [0.15, 0.2) is 52.9 Å². The number of hydrogen-bond donors (Lipinski definition) is 1. The first-order valence-corrected chi connectivity index (χ1v) is 18.7. The first-order valence-electron chi connectivity index (χ1n) is 16.5. The maximum atomic E-state index is 13.2. The molecule has 4 aromatic rings. The fourth-order valence-electron chi connectivity index (χ4n) is 6.33. The van der Waals surface area contributed by atoms with Gasteiger partial charge in [0.2, 0.25) is 15.8 Å². The number of aromatic nitrogens is 2. The molecular weight excluding hydrogens is 691 g/mol. The smallest absolute Gasteiger partial charge is 0.449 e. The standard InChI is InChI=1S/C36H39ClF3N5O4S/c1-25-20-30(35(49-25)36(38,39)40)23-41-22-27-6-4-26(5-7-27)8-9-28-21-29(10-11-32(28)37)34-31-24-44(50(2,46)47)15-12-33(31)45(42-34)14-3-13-43-16-18-48-19-17-43/h4-7,10-11,20-21,41H,3,12-19,22-24H2,1-2H3. The minimum atomic E-state index is -4.54. The Hall–Kier alpha value is -3.64. The van der Waals surface area contributed by atoms with Crippen LogP contribution in [0.25, 0.3) is 11.3 Å². The van der Waals surface area contributed by atoms with Gasteiger partial charge >= 0.3 is 6.18 Å². The van der Waals surface area contributed by atoms with Gasteiger partial charge in [0.1, 0.15) is 5.76 Å². The van der Waals surface area contributed by atoms with Crippen LogP contribution in [0.1, 0.15) is 51.5 Å². The lowest BCUT2D eigenvalue weighted by atomic mass is 10.0. The van der Waals surface area contributed by atoms with Crippen molar-refractivity contribution < 1.29 is 30.7 Å². The molecule has 0 aliphatic carbocycles. The Labute approximate surface area is 295 Å². The first kappa shape index (κ1) is 36.2. The zero-order chi connectivity index (χ0) is 35.5. The lowest BCUT2D eigenvalue weighted by Crippen LogP contribution is -2.37. The summed E-state index contributed by atoms with van der Waals surface area (Å²) in [5.41, 5.74) is 5.79. The second-order valence-electron chi connectivity index (χ2n) is 12.6. The van der Waals surface area contributed by atoms with Gasteiger partial charge in [-0.1, -0.05) is 41.6 Å². The number of rotatable bonds is 10. The molecule has 9 nitrogen and oxygen atoms in total. The van der Waals surface area contributed by atoms with Gasteiger partial charge in [0.15, 0.2) is 0 Å². The van der Waals surface area contributed by atoms with Crippen LogP contribution < -0.4 is 5.32 Å². The number of nitrogens with one attached hydrogen (secondary N) is 1.